The van der Waals surface area contributed by atoms with Gasteiger partial charge in [0.05, 0.1) is 0 Å². The maximum Gasteiger partial charge on any atom is 0.264 e. The summed E-state index contributed by atoms with van der Waals surface area (Å²) < 4.78 is 0. The Morgan fingerprint density at radius 2 is 2.33 bits per heavy atom. The highest BCUT2D eigenvalue weighted by atomic mass is 16.1. The minimum atomic E-state index is -0.224. The molecule has 1 aromatic heterocycles. The number of nitrogens with one attached hydrogen (secondary N) is 2. The summed E-state index contributed by atoms with van der Waals surface area (Å²) in [5, 5.41) is 9.89. The molecule has 0 unspecified atom stereocenters. The SMILES string of the molecule is CC(C)=NNc1ccc(=O)[nH]n1. The molecule has 0 aromatic carbocycles. The van der Waals surface area contributed by atoms with Crippen LogP contribution < -0.4 is 11.0 Å². The molecule has 0 saturated heterocycles. The molecule has 5 nitrogen and oxygen atoms in total. The molecular weight excluding hydrogens is 156 g/mol. The van der Waals surface area contributed by atoms with Crippen LogP contribution in [0.1, 0.15) is 13.8 Å². The average Bonchev–Trinajstić information content (AvgIpc) is 2.03. The van der Waals surface area contributed by atoms with Crippen LogP contribution in [0.4, 0.5) is 5.82 Å². The first-order valence-electron chi connectivity index (χ1n) is 3.51. The molecule has 1 heterocycles. The van der Waals surface area contributed by atoms with Crippen molar-refractivity contribution in [2.45, 2.75) is 13.8 Å². The third kappa shape index (κ3) is 2.53. The lowest BCUT2D eigenvalue weighted by molar-refractivity contribution is 0.982. The van der Waals surface area contributed by atoms with Gasteiger partial charge in [-0.3, -0.25) is 10.2 Å². The van der Waals surface area contributed by atoms with Crippen molar-refractivity contribution in [3.8, 4) is 0 Å². The third-order valence-electron chi connectivity index (χ3n) is 1.07. The molecular formula is C7H10N4O. The van der Waals surface area contributed by atoms with Crippen LogP contribution in [-0.2, 0) is 0 Å². The molecule has 2 N–H and O–H groups in total. The molecule has 0 aliphatic carbocycles. The number of anilines is 1. The van der Waals surface area contributed by atoms with Crippen LogP contribution >= 0.6 is 0 Å². The maximum atomic E-state index is 10.6. The molecule has 0 saturated carbocycles. The Morgan fingerprint density at radius 3 is 2.83 bits per heavy atom. The highest BCUT2D eigenvalue weighted by Gasteiger charge is 1.89. The number of hydrogen-bond acceptors (Lipinski definition) is 4. The number of hydrogen-bond donors (Lipinski definition) is 2. The van der Waals surface area contributed by atoms with Gasteiger partial charge >= 0.3 is 0 Å². The van der Waals surface area contributed by atoms with Gasteiger partial charge < -0.3 is 0 Å². The van der Waals surface area contributed by atoms with E-state index >= 15 is 0 Å². The van der Waals surface area contributed by atoms with Gasteiger partial charge in [0.25, 0.3) is 5.56 Å². The first kappa shape index (κ1) is 8.45. The van der Waals surface area contributed by atoms with E-state index < -0.39 is 0 Å². The lowest BCUT2D eigenvalue weighted by Crippen LogP contribution is -2.07. The summed E-state index contributed by atoms with van der Waals surface area (Å²) in [6.07, 6.45) is 0. The molecule has 64 valence electrons. The minimum Gasteiger partial charge on any atom is -0.268 e. The second kappa shape index (κ2) is 3.66. The Hall–Kier alpha value is -1.65. The van der Waals surface area contributed by atoms with Gasteiger partial charge in [0, 0.05) is 11.8 Å². The molecule has 1 aromatic rings. The zero-order valence-electron chi connectivity index (χ0n) is 6.96. The Balaban J connectivity index is 2.72. The summed E-state index contributed by atoms with van der Waals surface area (Å²) in [6.45, 7) is 3.72. The van der Waals surface area contributed by atoms with E-state index in [-0.39, 0.29) is 5.56 Å². The molecule has 1 rings (SSSR count). The van der Waals surface area contributed by atoms with Gasteiger partial charge in [0.15, 0.2) is 5.82 Å². The number of rotatable bonds is 2. The van der Waals surface area contributed by atoms with Gasteiger partial charge in [0.1, 0.15) is 0 Å². The van der Waals surface area contributed by atoms with Crippen molar-refractivity contribution in [2.75, 3.05) is 5.43 Å². The third-order valence-corrected chi connectivity index (χ3v) is 1.07. The van der Waals surface area contributed by atoms with E-state index in [2.05, 4.69) is 20.7 Å². The van der Waals surface area contributed by atoms with Crippen molar-refractivity contribution in [3.05, 3.63) is 22.5 Å². The molecule has 0 atom stereocenters. The summed E-state index contributed by atoms with van der Waals surface area (Å²) in [4.78, 5) is 10.6. The van der Waals surface area contributed by atoms with E-state index in [1.807, 2.05) is 13.8 Å². The molecule has 5 heteroatoms. The molecule has 0 bridgehead atoms. The summed E-state index contributed by atoms with van der Waals surface area (Å²) in [5.41, 5.74) is 3.35. The normalized spacial score (nSPS) is 9.17. The predicted molar refractivity (Wildman–Crippen MR) is 47.3 cm³/mol. The molecule has 0 aliphatic rings. The van der Waals surface area contributed by atoms with Gasteiger partial charge in [-0.2, -0.15) is 10.2 Å². The lowest BCUT2D eigenvalue weighted by atomic mass is 10.5. The number of nitrogens with zero attached hydrogens (tertiary/aromatic N) is 2. The Bertz CT molecular complexity index is 317. The number of hydrazone groups is 1. The van der Waals surface area contributed by atoms with Crippen molar-refractivity contribution in [1.29, 1.82) is 0 Å². The van der Waals surface area contributed by atoms with Crippen LogP contribution in [0.2, 0.25) is 0 Å². The van der Waals surface area contributed by atoms with Crippen LogP contribution in [0.5, 0.6) is 0 Å². The van der Waals surface area contributed by atoms with Gasteiger partial charge in [-0.05, 0) is 19.9 Å². The lowest BCUT2D eigenvalue weighted by Gasteiger charge is -1.96. The Kier molecular flexibility index (Phi) is 2.57. The molecule has 0 fully saturated rings. The molecule has 0 spiro atoms. The fourth-order valence-corrected chi connectivity index (χ4v) is 0.576. The van der Waals surface area contributed by atoms with Crippen LogP contribution in [0.3, 0.4) is 0 Å². The van der Waals surface area contributed by atoms with Crippen LogP contribution in [0.15, 0.2) is 22.0 Å². The predicted octanol–water partition coefficient (Wildman–Crippen LogP) is 0.578. The second-order valence-corrected chi connectivity index (χ2v) is 2.48. The Labute approximate surface area is 69.5 Å². The first-order valence-corrected chi connectivity index (χ1v) is 3.51. The highest BCUT2D eigenvalue weighted by molar-refractivity contribution is 5.79. The van der Waals surface area contributed by atoms with Gasteiger partial charge in [-0.25, -0.2) is 5.10 Å². The van der Waals surface area contributed by atoms with Crippen molar-refractivity contribution >= 4 is 11.5 Å². The largest absolute Gasteiger partial charge is 0.268 e. The van der Waals surface area contributed by atoms with E-state index in [0.717, 1.165) is 5.71 Å². The monoisotopic (exact) mass is 166 g/mol. The Morgan fingerprint density at radius 1 is 1.58 bits per heavy atom. The highest BCUT2D eigenvalue weighted by Crippen LogP contribution is 1.94. The van der Waals surface area contributed by atoms with Crippen molar-refractivity contribution in [2.24, 2.45) is 5.10 Å². The molecule has 0 aliphatic heterocycles. The van der Waals surface area contributed by atoms with Crippen molar-refractivity contribution < 1.29 is 0 Å². The van der Waals surface area contributed by atoms with Gasteiger partial charge in [0.2, 0.25) is 0 Å². The minimum absolute atomic E-state index is 0.224. The van der Waals surface area contributed by atoms with Crippen LogP contribution in [0.25, 0.3) is 0 Å². The summed E-state index contributed by atoms with van der Waals surface area (Å²) in [6, 6.07) is 2.95. The zero-order valence-corrected chi connectivity index (χ0v) is 6.96. The number of aromatic amines is 1. The van der Waals surface area contributed by atoms with E-state index in [0.29, 0.717) is 5.82 Å². The van der Waals surface area contributed by atoms with Crippen molar-refractivity contribution in [1.82, 2.24) is 10.2 Å². The quantitative estimate of drug-likeness (QED) is 0.498. The topological polar surface area (TPSA) is 70.1 Å². The second-order valence-electron chi connectivity index (χ2n) is 2.48. The zero-order chi connectivity index (χ0) is 8.97. The number of aromatic nitrogens is 2. The summed E-state index contributed by atoms with van der Waals surface area (Å²) in [5.74, 6) is 0.524. The maximum absolute atomic E-state index is 10.6. The van der Waals surface area contributed by atoms with Crippen molar-refractivity contribution in [3.63, 3.8) is 0 Å². The summed E-state index contributed by atoms with van der Waals surface area (Å²) in [7, 11) is 0. The van der Waals surface area contributed by atoms with Gasteiger partial charge in [-0.1, -0.05) is 0 Å². The van der Waals surface area contributed by atoms with Crippen LogP contribution in [0, 0.1) is 0 Å². The molecule has 12 heavy (non-hydrogen) atoms. The fourth-order valence-electron chi connectivity index (χ4n) is 0.576. The fraction of sp³-hybridized carbons (Fsp3) is 0.286. The first-order chi connectivity index (χ1) is 5.68. The average molecular weight is 166 g/mol. The summed E-state index contributed by atoms with van der Waals surface area (Å²) >= 11 is 0. The van der Waals surface area contributed by atoms with Gasteiger partial charge in [-0.15, -0.1) is 0 Å². The number of H-pyrrole nitrogens is 1. The van der Waals surface area contributed by atoms with E-state index in [4.69, 9.17) is 0 Å². The van der Waals surface area contributed by atoms with E-state index in [9.17, 15) is 4.79 Å². The van der Waals surface area contributed by atoms with E-state index in [1.54, 1.807) is 6.07 Å². The molecule has 0 radical (unpaired) electrons. The smallest absolute Gasteiger partial charge is 0.264 e. The van der Waals surface area contributed by atoms with Crippen LogP contribution in [-0.4, -0.2) is 15.9 Å². The van der Waals surface area contributed by atoms with E-state index in [1.165, 1.54) is 6.07 Å². The standard InChI is InChI=1S/C7H10N4O/c1-5(2)8-9-6-3-4-7(12)11-10-6/h3-4H,1-2H3,(H,9,10)(H,11,12). The molecule has 0 amide bonds.